The van der Waals surface area contributed by atoms with Crippen molar-refractivity contribution in [2.45, 2.75) is 25.3 Å². The first kappa shape index (κ1) is 14.8. The molecule has 124 valence electrons. The number of nitrogens with zero attached hydrogens (tertiary/aromatic N) is 2. The number of hydrogen-bond donors (Lipinski definition) is 0. The Bertz CT molecular complexity index is 942. The molecule has 2 aromatic rings. The summed E-state index contributed by atoms with van der Waals surface area (Å²) in [6.45, 7) is 0.457. The fraction of sp³-hybridized carbons (Fsp3) is 0.312. The Labute approximate surface area is 134 Å². The minimum Gasteiger partial charge on any atom is -0.433 e. The van der Waals surface area contributed by atoms with Gasteiger partial charge in [-0.2, -0.15) is 4.39 Å². The highest BCUT2D eigenvalue weighted by atomic mass is 19.1. The van der Waals surface area contributed by atoms with E-state index < -0.39 is 35.5 Å². The minimum atomic E-state index is -1.28. The molecule has 0 aliphatic carbocycles. The quantitative estimate of drug-likeness (QED) is 0.772. The molecule has 2 aliphatic rings. The third-order valence-electron chi connectivity index (χ3n) is 4.22. The monoisotopic (exact) mass is 332 g/mol. The Morgan fingerprint density at radius 3 is 2.71 bits per heavy atom. The molecule has 0 bridgehead atoms. The number of aromatic nitrogens is 2. The van der Waals surface area contributed by atoms with Gasteiger partial charge in [0, 0.05) is 12.2 Å². The summed E-state index contributed by atoms with van der Waals surface area (Å²) in [7, 11) is 0. The molecule has 0 N–H and O–H groups in total. The summed E-state index contributed by atoms with van der Waals surface area (Å²) in [6.07, 6.45) is 0.209. The number of benzene rings is 1. The number of rotatable bonds is 2. The number of carbonyl (C=O) groups excluding carboxylic acids is 1. The lowest BCUT2D eigenvalue weighted by Gasteiger charge is -2.18. The Balaban J connectivity index is 1.92. The highest BCUT2D eigenvalue weighted by Gasteiger charge is 2.35. The molecule has 8 heteroatoms. The molecule has 0 amide bonds. The first-order valence-electron chi connectivity index (χ1n) is 7.52. The van der Waals surface area contributed by atoms with Crippen LogP contribution in [0.4, 0.5) is 4.39 Å². The largest absolute Gasteiger partial charge is 0.433 e. The van der Waals surface area contributed by atoms with Crippen molar-refractivity contribution < 1.29 is 18.7 Å². The van der Waals surface area contributed by atoms with E-state index in [2.05, 4.69) is 0 Å². The minimum absolute atomic E-state index is 0.252. The highest BCUT2D eigenvalue weighted by molar-refractivity contribution is 5.93. The topological polar surface area (TPSA) is 79.5 Å². The fourth-order valence-electron chi connectivity index (χ4n) is 3.07. The second-order valence-electron chi connectivity index (χ2n) is 5.65. The Morgan fingerprint density at radius 2 is 1.96 bits per heavy atom. The molecular weight excluding hydrogens is 319 g/mol. The van der Waals surface area contributed by atoms with Gasteiger partial charge in [-0.25, -0.2) is 14.2 Å². The number of halogens is 1. The number of ether oxygens (including phenoxy) is 2. The van der Waals surface area contributed by atoms with Gasteiger partial charge in [-0.3, -0.25) is 9.36 Å². The first-order chi connectivity index (χ1) is 11.6. The Kier molecular flexibility index (Phi) is 3.34. The van der Waals surface area contributed by atoms with Crippen LogP contribution in [-0.4, -0.2) is 21.7 Å². The third kappa shape index (κ3) is 2.10. The van der Waals surface area contributed by atoms with Crippen molar-refractivity contribution in [2.75, 3.05) is 6.61 Å². The number of fused-ring (bicyclic) bond motifs is 1. The van der Waals surface area contributed by atoms with E-state index in [0.29, 0.717) is 23.2 Å². The molecule has 1 aromatic carbocycles. The molecule has 24 heavy (non-hydrogen) atoms. The number of cyclic esters (lactones) is 1. The molecule has 1 fully saturated rings. The summed E-state index contributed by atoms with van der Waals surface area (Å²) >= 11 is 0. The van der Waals surface area contributed by atoms with E-state index >= 15 is 0 Å². The standard InChI is InChI=1S/C16H13FN2O5/c17-11-8-18(12-6-3-7-23-12)16(22)19(13(11)20)14-9-4-1-2-5-10(9)15(21)24-14/h1-2,4-5,8,12,14H,3,6-7H2. The number of hydrogen-bond acceptors (Lipinski definition) is 5. The molecule has 0 radical (unpaired) electrons. The predicted molar refractivity (Wildman–Crippen MR) is 79.1 cm³/mol. The van der Waals surface area contributed by atoms with Crippen LogP contribution in [0, 0.1) is 5.82 Å². The van der Waals surface area contributed by atoms with Crippen molar-refractivity contribution in [1.29, 1.82) is 0 Å². The van der Waals surface area contributed by atoms with E-state index in [9.17, 15) is 18.8 Å². The van der Waals surface area contributed by atoms with Gasteiger partial charge in [0.1, 0.15) is 6.23 Å². The zero-order valence-electron chi connectivity index (χ0n) is 12.5. The van der Waals surface area contributed by atoms with Crippen molar-refractivity contribution in [2.24, 2.45) is 0 Å². The van der Waals surface area contributed by atoms with Crippen molar-refractivity contribution in [3.8, 4) is 0 Å². The molecular formula is C16H13FN2O5. The maximum atomic E-state index is 14.1. The van der Waals surface area contributed by atoms with Crippen molar-refractivity contribution in [3.63, 3.8) is 0 Å². The molecule has 0 spiro atoms. The lowest BCUT2D eigenvalue weighted by atomic mass is 10.1. The summed E-state index contributed by atoms with van der Waals surface area (Å²) in [4.78, 5) is 36.9. The SMILES string of the molecule is O=C1OC(n2c(=O)c(F)cn(C3CCCO3)c2=O)c2ccccc21. The van der Waals surface area contributed by atoms with E-state index in [1.165, 1.54) is 6.07 Å². The number of carbonyl (C=O) groups is 1. The maximum absolute atomic E-state index is 14.1. The van der Waals surface area contributed by atoms with Crippen molar-refractivity contribution >= 4 is 5.97 Å². The van der Waals surface area contributed by atoms with Gasteiger partial charge in [-0.15, -0.1) is 0 Å². The third-order valence-corrected chi connectivity index (χ3v) is 4.22. The molecule has 1 saturated heterocycles. The lowest BCUT2D eigenvalue weighted by molar-refractivity contribution is 0.0248. The Hall–Kier alpha value is -2.74. The smallest absolute Gasteiger partial charge is 0.340 e. The molecule has 4 rings (SSSR count). The summed E-state index contributed by atoms with van der Waals surface area (Å²) in [5.41, 5.74) is -1.31. The molecule has 7 nitrogen and oxygen atoms in total. The maximum Gasteiger partial charge on any atom is 0.340 e. The van der Waals surface area contributed by atoms with E-state index in [4.69, 9.17) is 9.47 Å². The molecule has 2 unspecified atom stereocenters. The molecule has 2 aliphatic heterocycles. The van der Waals surface area contributed by atoms with Gasteiger partial charge in [-0.05, 0) is 18.9 Å². The summed E-state index contributed by atoms with van der Waals surface area (Å²) in [6, 6.07) is 6.39. The van der Waals surface area contributed by atoms with Gasteiger partial charge < -0.3 is 9.47 Å². The van der Waals surface area contributed by atoms with E-state index in [-0.39, 0.29) is 5.56 Å². The van der Waals surface area contributed by atoms with Crippen molar-refractivity contribution in [1.82, 2.24) is 9.13 Å². The highest BCUT2D eigenvalue weighted by Crippen LogP contribution is 2.30. The van der Waals surface area contributed by atoms with Gasteiger partial charge in [0.25, 0.3) is 5.56 Å². The lowest BCUT2D eigenvalue weighted by Crippen LogP contribution is -2.44. The van der Waals surface area contributed by atoms with Gasteiger partial charge in [0.2, 0.25) is 12.0 Å². The van der Waals surface area contributed by atoms with E-state index in [1.807, 2.05) is 0 Å². The molecule has 0 saturated carbocycles. The van der Waals surface area contributed by atoms with Gasteiger partial charge in [0.15, 0.2) is 0 Å². The average Bonchev–Trinajstić information content (AvgIpc) is 3.21. The molecule has 2 atom stereocenters. The normalized spacial score (nSPS) is 22.5. The van der Waals surface area contributed by atoms with Gasteiger partial charge in [0.05, 0.1) is 11.8 Å². The van der Waals surface area contributed by atoms with Crippen LogP contribution in [0.2, 0.25) is 0 Å². The van der Waals surface area contributed by atoms with E-state index in [1.54, 1.807) is 18.2 Å². The molecule has 3 heterocycles. The average molecular weight is 332 g/mol. The predicted octanol–water partition coefficient (Wildman–Crippen LogP) is 1.18. The van der Waals surface area contributed by atoms with Gasteiger partial charge in [-0.1, -0.05) is 18.2 Å². The summed E-state index contributed by atoms with van der Waals surface area (Å²) < 4.78 is 26.3. The van der Waals surface area contributed by atoms with Crippen molar-refractivity contribution in [3.05, 3.63) is 68.2 Å². The van der Waals surface area contributed by atoms with Crippen LogP contribution in [0.1, 0.15) is 41.2 Å². The van der Waals surface area contributed by atoms with Crippen LogP contribution in [0.3, 0.4) is 0 Å². The zero-order chi connectivity index (χ0) is 16.8. The summed E-state index contributed by atoms with van der Waals surface area (Å²) in [5.74, 6) is -1.76. The van der Waals surface area contributed by atoms with Crippen LogP contribution in [0.5, 0.6) is 0 Å². The van der Waals surface area contributed by atoms with Crippen LogP contribution in [0.25, 0.3) is 0 Å². The summed E-state index contributed by atoms with van der Waals surface area (Å²) in [5, 5.41) is 0. The van der Waals surface area contributed by atoms with Crippen LogP contribution < -0.4 is 11.2 Å². The zero-order valence-corrected chi connectivity index (χ0v) is 12.5. The molecule has 1 aromatic heterocycles. The second-order valence-corrected chi connectivity index (χ2v) is 5.65. The van der Waals surface area contributed by atoms with Crippen LogP contribution in [-0.2, 0) is 9.47 Å². The van der Waals surface area contributed by atoms with E-state index in [0.717, 1.165) is 17.2 Å². The Morgan fingerprint density at radius 1 is 1.17 bits per heavy atom. The second kappa shape index (κ2) is 5.41. The van der Waals surface area contributed by atoms with Crippen LogP contribution in [0.15, 0.2) is 40.1 Å². The number of esters is 1. The first-order valence-corrected chi connectivity index (χ1v) is 7.52. The van der Waals surface area contributed by atoms with Gasteiger partial charge >= 0.3 is 11.7 Å². The van der Waals surface area contributed by atoms with Crippen LogP contribution >= 0.6 is 0 Å². The fourth-order valence-corrected chi connectivity index (χ4v) is 3.07.